The smallest absolute Gasteiger partial charge is 0.334 e. The minimum absolute atomic E-state index is 0.0446. The second-order valence-electron chi connectivity index (χ2n) is 8.50. The molecule has 0 saturated carbocycles. The molecule has 0 spiro atoms. The maximum absolute atomic E-state index is 12.6. The van der Waals surface area contributed by atoms with Gasteiger partial charge in [-0.3, -0.25) is 4.79 Å². The van der Waals surface area contributed by atoms with Crippen molar-refractivity contribution in [1.29, 1.82) is 0 Å². The van der Waals surface area contributed by atoms with Crippen LogP contribution in [0.4, 0.5) is 0 Å². The van der Waals surface area contributed by atoms with E-state index in [4.69, 9.17) is 18.9 Å². The first-order chi connectivity index (χ1) is 14.1. The van der Waals surface area contributed by atoms with Crippen molar-refractivity contribution in [2.24, 2.45) is 5.92 Å². The number of rotatable bonds is 3. The molecule has 0 aromatic carbocycles. The Morgan fingerprint density at radius 3 is 2.23 bits per heavy atom. The summed E-state index contributed by atoms with van der Waals surface area (Å²) in [4.78, 5) is 49.3. The van der Waals surface area contributed by atoms with Crippen LogP contribution in [-0.4, -0.2) is 58.5 Å². The molecule has 2 aliphatic heterocycles. The first kappa shape index (κ1) is 24.3. The molecule has 5 unspecified atom stereocenters. The lowest BCUT2D eigenvalue weighted by Gasteiger charge is -2.47. The van der Waals surface area contributed by atoms with Crippen LogP contribution in [0.3, 0.4) is 0 Å². The van der Waals surface area contributed by atoms with Crippen molar-refractivity contribution in [2.45, 2.75) is 71.1 Å². The van der Waals surface area contributed by atoms with E-state index in [0.717, 1.165) is 6.92 Å². The highest BCUT2D eigenvalue weighted by atomic mass is 16.6. The van der Waals surface area contributed by atoms with E-state index in [0.29, 0.717) is 0 Å². The zero-order valence-electron chi connectivity index (χ0n) is 18.5. The molecule has 31 heavy (non-hydrogen) atoms. The van der Waals surface area contributed by atoms with Crippen molar-refractivity contribution in [3.63, 3.8) is 0 Å². The lowest BCUT2D eigenvalue weighted by atomic mass is 9.74. The van der Waals surface area contributed by atoms with Gasteiger partial charge in [-0.15, -0.1) is 0 Å². The maximum Gasteiger partial charge on any atom is 0.334 e. The Hall–Kier alpha value is -2.94. The molecule has 0 aromatic rings. The van der Waals surface area contributed by atoms with Gasteiger partial charge in [0.15, 0.2) is 12.2 Å². The lowest BCUT2D eigenvalue weighted by Crippen LogP contribution is -2.65. The third-order valence-corrected chi connectivity index (χ3v) is 5.66. The van der Waals surface area contributed by atoms with Gasteiger partial charge in [-0.25, -0.2) is 14.4 Å². The fraction of sp³-hybridized carbons (Fsp3) is 0.545. The van der Waals surface area contributed by atoms with E-state index in [1.807, 2.05) is 0 Å². The molecule has 1 saturated heterocycles. The number of cyclic esters (lactones) is 1. The summed E-state index contributed by atoms with van der Waals surface area (Å²) in [5.41, 5.74) is -3.58. The van der Waals surface area contributed by atoms with Crippen LogP contribution < -0.4 is 0 Å². The normalized spacial score (nSPS) is 32.7. The van der Waals surface area contributed by atoms with Crippen LogP contribution in [0.25, 0.3) is 0 Å². The van der Waals surface area contributed by atoms with Gasteiger partial charge in [0.05, 0.1) is 5.92 Å². The van der Waals surface area contributed by atoms with Crippen LogP contribution in [0.5, 0.6) is 0 Å². The Morgan fingerprint density at radius 2 is 1.71 bits per heavy atom. The van der Waals surface area contributed by atoms with Crippen LogP contribution >= 0.6 is 0 Å². The zero-order chi connectivity index (χ0) is 23.9. The average molecular weight is 436 g/mol. The molecule has 2 aliphatic rings. The van der Waals surface area contributed by atoms with Crippen LogP contribution in [0, 0.1) is 5.92 Å². The van der Waals surface area contributed by atoms with Crippen LogP contribution in [0.1, 0.15) is 41.5 Å². The van der Waals surface area contributed by atoms with E-state index < -0.39 is 59.3 Å². The number of carbonyl (C=O) groups is 4. The Morgan fingerprint density at radius 1 is 1.13 bits per heavy atom. The second-order valence-corrected chi connectivity index (χ2v) is 8.50. The fourth-order valence-electron chi connectivity index (χ4n) is 3.43. The molecular formula is C22H28O9. The monoisotopic (exact) mass is 436 g/mol. The van der Waals surface area contributed by atoms with Gasteiger partial charge in [0, 0.05) is 23.6 Å². The molecule has 0 bridgehead atoms. The molecule has 0 aromatic heterocycles. The highest BCUT2D eigenvalue weighted by Crippen LogP contribution is 2.42. The topological polar surface area (TPSA) is 125 Å². The van der Waals surface area contributed by atoms with E-state index in [1.165, 1.54) is 40.7 Å². The Kier molecular flexibility index (Phi) is 6.51. The summed E-state index contributed by atoms with van der Waals surface area (Å²) >= 11 is 0. The number of fused-ring (bicyclic) bond motifs is 1. The third-order valence-electron chi connectivity index (χ3n) is 5.66. The van der Waals surface area contributed by atoms with Gasteiger partial charge < -0.3 is 24.1 Å². The van der Waals surface area contributed by atoms with E-state index in [9.17, 15) is 24.3 Å². The molecular weight excluding hydrogens is 408 g/mol. The molecule has 0 amide bonds. The number of ether oxygens (including phenoxy) is 4. The van der Waals surface area contributed by atoms with Crippen LogP contribution in [0.2, 0.25) is 0 Å². The number of aliphatic hydroxyl groups is 1. The quantitative estimate of drug-likeness (QED) is 0.398. The number of hydrogen-bond donors (Lipinski definition) is 1. The minimum atomic E-state index is -2.07. The van der Waals surface area contributed by atoms with E-state index >= 15 is 0 Å². The standard InChI is InChI=1S/C22H28O9/c1-10(2)18(24)30-16-15-12(4)20(26)29-14(15)9-11(3)19(25)31-21(6,7)22(8,27)17(16)28-13(5)23/h9,14-17,27H,1,4H2,2-3,5-8H3. The van der Waals surface area contributed by atoms with Gasteiger partial charge in [-0.1, -0.05) is 13.2 Å². The van der Waals surface area contributed by atoms with Gasteiger partial charge in [-0.05, 0) is 40.7 Å². The molecule has 2 heterocycles. The predicted molar refractivity (Wildman–Crippen MR) is 107 cm³/mol. The molecule has 9 heteroatoms. The molecule has 1 N–H and O–H groups in total. The van der Waals surface area contributed by atoms with Gasteiger partial charge in [0.2, 0.25) is 0 Å². The van der Waals surface area contributed by atoms with Crippen molar-refractivity contribution in [2.75, 3.05) is 0 Å². The van der Waals surface area contributed by atoms with Gasteiger partial charge >= 0.3 is 23.9 Å². The number of esters is 4. The molecule has 170 valence electrons. The van der Waals surface area contributed by atoms with E-state index in [1.54, 1.807) is 0 Å². The summed E-state index contributed by atoms with van der Waals surface area (Å²) in [6.45, 7) is 15.4. The summed E-state index contributed by atoms with van der Waals surface area (Å²) in [6.07, 6.45) is -2.69. The van der Waals surface area contributed by atoms with Crippen molar-refractivity contribution >= 4 is 23.9 Å². The Balaban J connectivity index is 2.80. The average Bonchev–Trinajstić information content (AvgIpc) is 2.89. The van der Waals surface area contributed by atoms with Crippen molar-refractivity contribution in [3.8, 4) is 0 Å². The van der Waals surface area contributed by atoms with Gasteiger partial charge in [0.1, 0.15) is 17.3 Å². The largest absolute Gasteiger partial charge is 0.455 e. The maximum atomic E-state index is 12.6. The first-order valence-corrected chi connectivity index (χ1v) is 9.67. The summed E-state index contributed by atoms with van der Waals surface area (Å²) in [5, 5.41) is 11.5. The lowest BCUT2D eigenvalue weighted by molar-refractivity contribution is -0.236. The molecule has 5 atom stereocenters. The molecule has 0 radical (unpaired) electrons. The molecule has 2 rings (SSSR count). The Bertz CT molecular complexity index is 877. The third kappa shape index (κ3) is 4.56. The SMILES string of the molecule is C=C(C)C(=O)OC1C2C(=C)C(=O)OC2C=C(C)C(=O)OC(C)(C)C(C)(O)C1OC(C)=O. The van der Waals surface area contributed by atoms with Crippen molar-refractivity contribution in [3.05, 3.63) is 36.0 Å². The summed E-state index contributed by atoms with van der Waals surface area (Å²) < 4.78 is 21.8. The van der Waals surface area contributed by atoms with E-state index in [-0.39, 0.29) is 16.7 Å². The molecule has 1 fully saturated rings. The highest BCUT2D eigenvalue weighted by molar-refractivity contribution is 5.93. The van der Waals surface area contributed by atoms with Gasteiger partial charge in [0.25, 0.3) is 0 Å². The predicted octanol–water partition coefficient (Wildman–Crippen LogP) is 1.54. The fourth-order valence-corrected chi connectivity index (χ4v) is 3.43. The van der Waals surface area contributed by atoms with Crippen LogP contribution in [0.15, 0.2) is 36.0 Å². The van der Waals surface area contributed by atoms with Gasteiger partial charge in [-0.2, -0.15) is 0 Å². The highest BCUT2D eigenvalue weighted by Gasteiger charge is 2.59. The first-order valence-electron chi connectivity index (χ1n) is 9.67. The molecule has 0 aliphatic carbocycles. The summed E-state index contributed by atoms with van der Waals surface area (Å²) in [6, 6.07) is 0. The Labute approximate surface area is 180 Å². The second kappa shape index (κ2) is 8.30. The number of hydrogen-bond acceptors (Lipinski definition) is 9. The van der Waals surface area contributed by atoms with Crippen LogP contribution in [-0.2, 0) is 38.1 Å². The number of carbonyl (C=O) groups excluding carboxylic acids is 4. The minimum Gasteiger partial charge on any atom is -0.455 e. The van der Waals surface area contributed by atoms with Crippen molar-refractivity contribution in [1.82, 2.24) is 0 Å². The summed E-state index contributed by atoms with van der Waals surface area (Å²) in [5.74, 6) is -4.22. The van der Waals surface area contributed by atoms with E-state index in [2.05, 4.69) is 13.2 Å². The molecule has 9 nitrogen and oxygen atoms in total. The van der Waals surface area contributed by atoms with Crippen molar-refractivity contribution < 1.29 is 43.2 Å². The summed E-state index contributed by atoms with van der Waals surface area (Å²) in [7, 11) is 0. The zero-order valence-corrected chi connectivity index (χ0v) is 18.5.